The van der Waals surface area contributed by atoms with E-state index in [9.17, 15) is 4.79 Å². The van der Waals surface area contributed by atoms with Crippen molar-refractivity contribution in [3.05, 3.63) is 34.9 Å². The lowest BCUT2D eigenvalue weighted by molar-refractivity contribution is -0.125. The predicted octanol–water partition coefficient (Wildman–Crippen LogP) is 1.45. The van der Waals surface area contributed by atoms with Crippen molar-refractivity contribution < 1.29 is 4.79 Å². The summed E-state index contributed by atoms with van der Waals surface area (Å²) in [4.78, 5) is 11.9. The third-order valence-electron chi connectivity index (χ3n) is 3.02. The number of benzene rings is 1. The SMILES string of the molecule is Cc1ccc(C2NCC(C)NC2=O)c(C)c1. The number of rotatable bonds is 1. The van der Waals surface area contributed by atoms with Crippen molar-refractivity contribution >= 4 is 5.91 Å². The van der Waals surface area contributed by atoms with E-state index in [1.165, 1.54) is 11.1 Å². The number of nitrogens with one attached hydrogen (secondary N) is 2. The molecule has 0 aromatic heterocycles. The lowest BCUT2D eigenvalue weighted by atomic mass is 9.97. The number of carbonyl (C=O) groups is 1. The van der Waals surface area contributed by atoms with Crippen molar-refractivity contribution in [3.8, 4) is 0 Å². The number of piperazine rings is 1. The lowest BCUT2D eigenvalue weighted by Gasteiger charge is -2.29. The van der Waals surface area contributed by atoms with Gasteiger partial charge in [-0.3, -0.25) is 4.79 Å². The van der Waals surface area contributed by atoms with Crippen LogP contribution in [0.1, 0.15) is 29.7 Å². The van der Waals surface area contributed by atoms with Crippen LogP contribution in [0, 0.1) is 13.8 Å². The Kier molecular flexibility index (Phi) is 2.97. The van der Waals surface area contributed by atoms with Gasteiger partial charge in [0.25, 0.3) is 0 Å². The zero-order valence-electron chi connectivity index (χ0n) is 10.0. The summed E-state index contributed by atoms with van der Waals surface area (Å²) in [6, 6.07) is 6.22. The quantitative estimate of drug-likeness (QED) is 0.749. The topological polar surface area (TPSA) is 41.1 Å². The van der Waals surface area contributed by atoms with E-state index in [1.807, 2.05) is 13.0 Å². The molecule has 3 nitrogen and oxygen atoms in total. The van der Waals surface area contributed by atoms with Gasteiger partial charge in [-0.2, -0.15) is 0 Å². The van der Waals surface area contributed by atoms with Crippen LogP contribution in [0.15, 0.2) is 18.2 Å². The maximum atomic E-state index is 11.9. The first-order valence-corrected chi connectivity index (χ1v) is 5.69. The van der Waals surface area contributed by atoms with Crippen molar-refractivity contribution in [2.45, 2.75) is 32.9 Å². The highest BCUT2D eigenvalue weighted by molar-refractivity contribution is 5.84. The summed E-state index contributed by atoms with van der Waals surface area (Å²) >= 11 is 0. The van der Waals surface area contributed by atoms with E-state index in [-0.39, 0.29) is 18.0 Å². The second kappa shape index (κ2) is 4.26. The molecule has 1 aliphatic rings. The van der Waals surface area contributed by atoms with E-state index in [2.05, 4.69) is 36.6 Å². The highest BCUT2D eigenvalue weighted by Gasteiger charge is 2.27. The molecule has 86 valence electrons. The van der Waals surface area contributed by atoms with E-state index < -0.39 is 0 Å². The van der Waals surface area contributed by atoms with Crippen molar-refractivity contribution in [1.82, 2.24) is 10.6 Å². The van der Waals surface area contributed by atoms with Gasteiger partial charge in [-0.15, -0.1) is 0 Å². The van der Waals surface area contributed by atoms with Gasteiger partial charge in [0.05, 0.1) is 0 Å². The minimum atomic E-state index is -0.197. The zero-order chi connectivity index (χ0) is 11.7. The molecule has 2 atom stereocenters. The van der Waals surface area contributed by atoms with Crippen LogP contribution in [-0.4, -0.2) is 18.5 Å². The summed E-state index contributed by atoms with van der Waals surface area (Å²) in [6.45, 7) is 6.94. The van der Waals surface area contributed by atoms with Gasteiger partial charge < -0.3 is 10.6 Å². The Morgan fingerprint density at radius 3 is 2.69 bits per heavy atom. The molecule has 16 heavy (non-hydrogen) atoms. The maximum absolute atomic E-state index is 11.9. The molecule has 1 amide bonds. The number of carbonyl (C=O) groups excluding carboxylic acids is 1. The fourth-order valence-electron chi connectivity index (χ4n) is 2.17. The van der Waals surface area contributed by atoms with E-state index in [0.29, 0.717) is 0 Å². The van der Waals surface area contributed by atoms with Crippen molar-refractivity contribution in [2.24, 2.45) is 0 Å². The second-order valence-electron chi connectivity index (χ2n) is 4.61. The number of aryl methyl sites for hydroxylation is 2. The Morgan fingerprint density at radius 2 is 2.06 bits per heavy atom. The lowest BCUT2D eigenvalue weighted by Crippen LogP contribution is -2.52. The van der Waals surface area contributed by atoms with Crippen LogP contribution in [0.2, 0.25) is 0 Å². The molecule has 3 heteroatoms. The Labute approximate surface area is 96.2 Å². The predicted molar refractivity (Wildman–Crippen MR) is 64.3 cm³/mol. The standard InChI is InChI=1S/C13H18N2O/c1-8-4-5-11(9(2)6-8)12-13(16)15-10(3)7-14-12/h4-6,10,12,14H,7H2,1-3H3,(H,15,16). The molecule has 0 aliphatic carbocycles. The number of hydrogen-bond donors (Lipinski definition) is 2. The Bertz CT molecular complexity index is 414. The van der Waals surface area contributed by atoms with Crippen LogP contribution in [0.25, 0.3) is 0 Å². The van der Waals surface area contributed by atoms with Crippen molar-refractivity contribution in [1.29, 1.82) is 0 Å². The van der Waals surface area contributed by atoms with Gasteiger partial charge in [-0.05, 0) is 31.9 Å². The molecule has 0 radical (unpaired) electrons. The molecule has 1 aromatic rings. The van der Waals surface area contributed by atoms with Gasteiger partial charge in [0.1, 0.15) is 6.04 Å². The first kappa shape index (κ1) is 11.1. The van der Waals surface area contributed by atoms with Gasteiger partial charge in [0.15, 0.2) is 0 Å². The van der Waals surface area contributed by atoms with Gasteiger partial charge in [-0.1, -0.05) is 23.8 Å². The van der Waals surface area contributed by atoms with E-state index in [0.717, 1.165) is 12.1 Å². The largest absolute Gasteiger partial charge is 0.351 e. The first-order valence-electron chi connectivity index (χ1n) is 5.69. The highest BCUT2D eigenvalue weighted by atomic mass is 16.2. The molecular weight excluding hydrogens is 200 g/mol. The van der Waals surface area contributed by atoms with Gasteiger partial charge in [-0.25, -0.2) is 0 Å². The Balaban J connectivity index is 2.27. The molecule has 1 fully saturated rings. The van der Waals surface area contributed by atoms with Crippen molar-refractivity contribution in [2.75, 3.05) is 6.54 Å². The number of hydrogen-bond acceptors (Lipinski definition) is 2. The Hall–Kier alpha value is -1.35. The summed E-state index contributed by atoms with van der Waals surface area (Å²) in [5.74, 6) is 0.0747. The molecule has 1 heterocycles. The smallest absolute Gasteiger partial charge is 0.242 e. The highest BCUT2D eigenvalue weighted by Crippen LogP contribution is 2.20. The normalized spacial score (nSPS) is 25.3. The molecule has 1 aromatic carbocycles. The third-order valence-corrected chi connectivity index (χ3v) is 3.02. The molecule has 1 aliphatic heterocycles. The van der Waals surface area contributed by atoms with Crippen LogP contribution in [0.5, 0.6) is 0 Å². The third kappa shape index (κ3) is 2.09. The fourth-order valence-corrected chi connectivity index (χ4v) is 2.17. The molecule has 0 bridgehead atoms. The zero-order valence-corrected chi connectivity index (χ0v) is 10.0. The summed E-state index contributed by atoms with van der Waals surface area (Å²) in [7, 11) is 0. The van der Waals surface area contributed by atoms with Crippen LogP contribution < -0.4 is 10.6 Å². The minimum Gasteiger partial charge on any atom is -0.351 e. The van der Waals surface area contributed by atoms with Crippen LogP contribution in [-0.2, 0) is 4.79 Å². The Morgan fingerprint density at radius 1 is 1.31 bits per heavy atom. The molecule has 0 saturated carbocycles. The summed E-state index contributed by atoms with van der Waals surface area (Å²) in [5, 5.41) is 6.25. The maximum Gasteiger partial charge on any atom is 0.242 e. The molecule has 2 rings (SSSR count). The van der Waals surface area contributed by atoms with E-state index in [4.69, 9.17) is 0 Å². The van der Waals surface area contributed by atoms with Crippen molar-refractivity contribution in [3.63, 3.8) is 0 Å². The fraction of sp³-hybridized carbons (Fsp3) is 0.462. The second-order valence-corrected chi connectivity index (χ2v) is 4.61. The average Bonchev–Trinajstić information content (AvgIpc) is 2.19. The summed E-state index contributed by atoms with van der Waals surface area (Å²) < 4.78 is 0. The van der Waals surface area contributed by atoms with Crippen LogP contribution in [0.4, 0.5) is 0 Å². The van der Waals surface area contributed by atoms with Gasteiger partial charge >= 0.3 is 0 Å². The first-order chi connectivity index (χ1) is 7.58. The van der Waals surface area contributed by atoms with Crippen LogP contribution >= 0.6 is 0 Å². The minimum absolute atomic E-state index is 0.0747. The van der Waals surface area contributed by atoms with E-state index in [1.54, 1.807) is 0 Å². The summed E-state index contributed by atoms with van der Waals surface area (Å²) in [6.07, 6.45) is 0. The van der Waals surface area contributed by atoms with Crippen LogP contribution in [0.3, 0.4) is 0 Å². The monoisotopic (exact) mass is 218 g/mol. The van der Waals surface area contributed by atoms with Gasteiger partial charge in [0, 0.05) is 12.6 Å². The summed E-state index contributed by atoms with van der Waals surface area (Å²) in [5.41, 5.74) is 3.48. The molecular formula is C13H18N2O. The van der Waals surface area contributed by atoms with E-state index >= 15 is 0 Å². The van der Waals surface area contributed by atoms with Gasteiger partial charge in [0.2, 0.25) is 5.91 Å². The molecule has 0 spiro atoms. The molecule has 2 unspecified atom stereocenters. The number of amides is 1. The average molecular weight is 218 g/mol. The molecule has 2 N–H and O–H groups in total. The molecule has 1 saturated heterocycles.